The van der Waals surface area contributed by atoms with Gasteiger partial charge in [-0.1, -0.05) is 12.1 Å². The monoisotopic (exact) mass is 196 g/mol. The quantitative estimate of drug-likeness (QED) is 0.729. The van der Waals surface area contributed by atoms with E-state index < -0.39 is 6.10 Å². The van der Waals surface area contributed by atoms with Gasteiger partial charge in [-0.15, -0.1) is 0 Å². The first-order valence-corrected chi connectivity index (χ1v) is 4.64. The first-order valence-electron chi connectivity index (χ1n) is 4.64. The molecule has 0 bridgehead atoms. The van der Waals surface area contributed by atoms with Gasteiger partial charge in [-0.3, -0.25) is 0 Å². The van der Waals surface area contributed by atoms with Crippen molar-refractivity contribution in [2.75, 3.05) is 20.3 Å². The number of aliphatic hydroxyl groups excluding tert-OH is 1. The number of hydrogen-bond donors (Lipinski definition) is 1. The van der Waals surface area contributed by atoms with Gasteiger partial charge in [-0.25, -0.2) is 0 Å². The Labute approximate surface area is 84.3 Å². The molecule has 3 nitrogen and oxygen atoms in total. The van der Waals surface area contributed by atoms with Gasteiger partial charge in [0.1, 0.15) is 12.4 Å². The summed E-state index contributed by atoms with van der Waals surface area (Å²) < 4.78 is 10.3. The lowest BCUT2D eigenvalue weighted by Crippen LogP contribution is -2.04. The number of benzene rings is 1. The Bertz CT molecular complexity index is 271. The fraction of sp³-hybridized carbons (Fsp3) is 0.455. The van der Waals surface area contributed by atoms with Crippen molar-refractivity contribution in [1.82, 2.24) is 0 Å². The first-order chi connectivity index (χ1) is 6.74. The zero-order valence-electron chi connectivity index (χ0n) is 8.56. The molecule has 0 radical (unpaired) electrons. The molecule has 0 heterocycles. The number of ether oxygens (including phenoxy) is 2. The van der Waals surface area contributed by atoms with Crippen LogP contribution in [0.4, 0.5) is 0 Å². The zero-order valence-corrected chi connectivity index (χ0v) is 8.56. The van der Waals surface area contributed by atoms with Gasteiger partial charge < -0.3 is 14.6 Å². The molecule has 0 aliphatic heterocycles. The van der Waals surface area contributed by atoms with Gasteiger partial charge in [0.25, 0.3) is 0 Å². The van der Waals surface area contributed by atoms with Gasteiger partial charge in [0, 0.05) is 7.11 Å². The molecule has 0 unspecified atom stereocenters. The predicted octanol–water partition coefficient (Wildman–Crippen LogP) is 1.77. The van der Waals surface area contributed by atoms with Crippen LogP contribution in [0.15, 0.2) is 24.3 Å². The van der Waals surface area contributed by atoms with E-state index in [1.54, 1.807) is 14.0 Å². The third-order valence-electron chi connectivity index (χ3n) is 1.90. The Hall–Kier alpha value is -1.06. The van der Waals surface area contributed by atoms with Crippen LogP contribution in [-0.4, -0.2) is 25.4 Å². The zero-order chi connectivity index (χ0) is 10.4. The summed E-state index contributed by atoms with van der Waals surface area (Å²) in [4.78, 5) is 0. The van der Waals surface area contributed by atoms with E-state index in [2.05, 4.69) is 0 Å². The van der Waals surface area contributed by atoms with Gasteiger partial charge in [-0.2, -0.15) is 0 Å². The minimum absolute atomic E-state index is 0.457. The molecule has 1 aromatic carbocycles. The highest BCUT2D eigenvalue weighted by Gasteiger charge is 2.01. The molecule has 0 aromatic heterocycles. The van der Waals surface area contributed by atoms with E-state index in [9.17, 15) is 5.11 Å². The van der Waals surface area contributed by atoms with Crippen LogP contribution in [0.25, 0.3) is 0 Å². The molecule has 0 fully saturated rings. The molecule has 0 saturated carbocycles. The maximum Gasteiger partial charge on any atom is 0.119 e. The largest absolute Gasteiger partial charge is 0.491 e. The highest BCUT2D eigenvalue weighted by Crippen LogP contribution is 2.18. The van der Waals surface area contributed by atoms with Gasteiger partial charge in [-0.05, 0) is 24.6 Å². The second-order valence-corrected chi connectivity index (χ2v) is 3.09. The molecule has 1 atom stereocenters. The van der Waals surface area contributed by atoms with Crippen molar-refractivity contribution in [2.45, 2.75) is 13.0 Å². The molecule has 0 spiro atoms. The number of aliphatic hydroxyl groups is 1. The summed E-state index contributed by atoms with van der Waals surface area (Å²) in [6, 6.07) is 7.43. The molecular weight excluding hydrogens is 180 g/mol. The van der Waals surface area contributed by atoms with Crippen LogP contribution in [0.2, 0.25) is 0 Å². The predicted molar refractivity (Wildman–Crippen MR) is 54.4 cm³/mol. The van der Waals surface area contributed by atoms with E-state index in [4.69, 9.17) is 9.47 Å². The summed E-state index contributed by atoms with van der Waals surface area (Å²) in [5.74, 6) is 0.764. The fourth-order valence-electron chi connectivity index (χ4n) is 1.11. The maximum absolute atomic E-state index is 9.34. The summed E-state index contributed by atoms with van der Waals surface area (Å²) >= 11 is 0. The second-order valence-electron chi connectivity index (χ2n) is 3.09. The number of methoxy groups -OCH3 is 1. The lowest BCUT2D eigenvalue weighted by Gasteiger charge is -2.08. The van der Waals surface area contributed by atoms with Gasteiger partial charge >= 0.3 is 0 Å². The van der Waals surface area contributed by atoms with Crippen molar-refractivity contribution >= 4 is 0 Å². The standard InChI is InChI=1S/C11H16O3/c1-9(12)10-4-3-5-11(8-10)14-7-6-13-2/h3-5,8-9,12H,6-7H2,1-2H3/t9-/m1/s1. The average molecular weight is 196 g/mol. The summed E-state index contributed by atoms with van der Waals surface area (Å²) in [6.07, 6.45) is -0.457. The molecule has 1 rings (SSSR count). The Morgan fingerprint density at radius 2 is 2.14 bits per heavy atom. The molecule has 78 valence electrons. The van der Waals surface area contributed by atoms with Gasteiger partial charge in [0.2, 0.25) is 0 Å². The second kappa shape index (κ2) is 5.62. The van der Waals surface area contributed by atoms with Crippen LogP contribution in [0.5, 0.6) is 5.75 Å². The van der Waals surface area contributed by atoms with E-state index in [1.807, 2.05) is 24.3 Å². The molecule has 1 N–H and O–H groups in total. The molecule has 14 heavy (non-hydrogen) atoms. The van der Waals surface area contributed by atoms with Crippen LogP contribution >= 0.6 is 0 Å². The van der Waals surface area contributed by atoms with Crippen LogP contribution in [0.3, 0.4) is 0 Å². The molecule has 1 aromatic rings. The van der Waals surface area contributed by atoms with Crippen LogP contribution in [-0.2, 0) is 4.74 Å². The van der Waals surface area contributed by atoms with Crippen molar-refractivity contribution < 1.29 is 14.6 Å². The molecular formula is C11H16O3. The van der Waals surface area contributed by atoms with Crippen LogP contribution in [0, 0.1) is 0 Å². The van der Waals surface area contributed by atoms with E-state index in [1.165, 1.54) is 0 Å². The smallest absolute Gasteiger partial charge is 0.119 e. The Balaban J connectivity index is 2.55. The summed E-state index contributed by atoms with van der Waals surface area (Å²) in [6.45, 7) is 2.83. The maximum atomic E-state index is 9.34. The molecule has 0 saturated heterocycles. The SMILES string of the molecule is COCCOc1cccc([C@@H](C)O)c1. The summed E-state index contributed by atoms with van der Waals surface area (Å²) in [5.41, 5.74) is 0.861. The van der Waals surface area contributed by atoms with E-state index in [0.29, 0.717) is 13.2 Å². The Morgan fingerprint density at radius 1 is 1.36 bits per heavy atom. The normalized spacial score (nSPS) is 12.5. The highest BCUT2D eigenvalue weighted by atomic mass is 16.5. The highest BCUT2D eigenvalue weighted by molar-refractivity contribution is 5.29. The van der Waals surface area contributed by atoms with Crippen LogP contribution in [0.1, 0.15) is 18.6 Å². The third-order valence-corrected chi connectivity index (χ3v) is 1.90. The van der Waals surface area contributed by atoms with Crippen molar-refractivity contribution in [1.29, 1.82) is 0 Å². The number of hydrogen-bond acceptors (Lipinski definition) is 3. The molecule has 0 aliphatic rings. The lowest BCUT2D eigenvalue weighted by molar-refractivity contribution is 0.146. The van der Waals surface area contributed by atoms with Crippen molar-refractivity contribution in [3.8, 4) is 5.75 Å². The lowest BCUT2D eigenvalue weighted by atomic mass is 10.1. The Morgan fingerprint density at radius 3 is 2.79 bits per heavy atom. The van der Waals surface area contributed by atoms with Gasteiger partial charge in [0.15, 0.2) is 0 Å². The fourth-order valence-corrected chi connectivity index (χ4v) is 1.11. The van der Waals surface area contributed by atoms with E-state index in [0.717, 1.165) is 11.3 Å². The summed E-state index contributed by atoms with van der Waals surface area (Å²) in [5, 5.41) is 9.34. The van der Waals surface area contributed by atoms with E-state index >= 15 is 0 Å². The number of rotatable bonds is 5. The van der Waals surface area contributed by atoms with Gasteiger partial charge in [0.05, 0.1) is 12.7 Å². The third kappa shape index (κ3) is 3.36. The van der Waals surface area contributed by atoms with Crippen molar-refractivity contribution in [2.24, 2.45) is 0 Å². The molecule has 0 aliphatic carbocycles. The Kier molecular flexibility index (Phi) is 4.43. The minimum atomic E-state index is -0.457. The minimum Gasteiger partial charge on any atom is -0.491 e. The summed E-state index contributed by atoms with van der Waals surface area (Å²) in [7, 11) is 1.63. The van der Waals surface area contributed by atoms with E-state index in [-0.39, 0.29) is 0 Å². The molecule has 0 amide bonds. The van der Waals surface area contributed by atoms with Crippen molar-refractivity contribution in [3.05, 3.63) is 29.8 Å². The average Bonchev–Trinajstić information content (AvgIpc) is 2.19. The van der Waals surface area contributed by atoms with Crippen LogP contribution < -0.4 is 4.74 Å². The molecule has 3 heteroatoms. The first kappa shape index (κ1) is 11.0. The van der Waals surface area contributed by atoms with Crippen molar-refractivity contribution in [3.63, 3.8) is 0 Å². The topological polar surface area (TPSA) is 38.7 Å².